The average molecular weight is 252 g/mol. The smallest absolute Gasteiger partial charge is 0.373 e. The Balaban J connectivity index is 2.37. The van der Waals surface area contributed by atoms with Crippen LogP contribution < -0.4 is 5.73 Å². The van der Waals surface area contributed by atoms with Gasteiger partial charge >= 0.3 is 5.97 Å². The van der Waals surface area contributed by atoms with Crippen LogP contribution in [-0.2, 0) is 4.74 Å². The maximum absolute atomic E-state index is 11.2. The number of hydrogen-bond acceptors (Lipinski definition) is 4. The molecule has 0 aliphatic carbocycles. The van der Waals surface area contributed by atoms with Gasteiger partial charge in [-0.05, 0) is 30.3 Å². The lowest BCUT2D eigenvalue weighted by Gasteiger charge is -2.01. The molecule has 0 bridgehead atoms. The molecule has 0 atom stereocenters. The van der Waals surface area contributed by atoms with Crippen LogP contribution in [0.2, 0.25) is 5.02 Å². The first kappa shape index (κ1) is 11.5. The van der Waals surface area contributed by atoms with Crippen molar-refractivity contribution in [2.75, 3.05) is 12.8 Å². The summed E-state index contributed by atoms with van der Waals surface area (Å²) in [5.74, 6) is 0.169. The Hall–Kier alpha value is -1.94. The third-order valence-electron chi connectivity index (χ3n) is 2.27. The van der Waals surface area contributed by atoms with Crippen molar-refractivity contribution < 1.29 is 13.9 Å². The molecule has 0 saturated carbocycles. The maximum atomic E-state index is 11.2. The molecule has 4 nitrogen and oxygen atoms in total. The summed E-state index contributed by atoms with van der Waals surface area (Å²) in [4.78, 5) is 11.2. The van der Waals surface area contributed by atoms with Gasteiger partial charge in [-0.1, -0.05) is 11.6 Å². The van der Waals surface area contributed by atoms with E-state index < -0.39 is 5.97 Å². The fraction of sp³-hybridized carbons (Fsp3) is 0.0833. The van der Waals surface area contributed by atoms with E-state index in [1.54, 1.807) is 30.3 Å². The number of benzene rings is 1. The molecule has 2 N–H and O–H groups in total. The number of furan rings is 1. The molecule has 0 spiro atoms. The van der Waals surface area contributed by atoms with Crippen molar-refractivity contribution in [3.63, 3.8) is 0 Å². The quantitative estimate of drug-likeness (QED) is 0.658. The fourth-order valence-electron chi connectivity index (χ4n) is 1.40. The number of rotatable bonds is 2. The minimum Gasteiger partial charge on any atom is -0.463 e. The van der Waals surface area contributed by atoms with Crippen LogP contribution in [0.15, 0.2) is 34.7 Å². The van der Waals surface area contributed by atoms with Crippen molar-refractivity contribution in [2.24, 2.45) is 0 Å². The first-order chi connectivity index (χ1) is 8.11. The van der Waals surface area contributed by atoms with Gasteiger partial charge in [0.1, 0.15) is 5.76 Å². The van der Waals surface area contributed by atoms with E-state index in [9.17, 15) is 4.79 Å². The third-order valence-corrected chi connectivity index (χ3v) is 2.62. The second-order valence-corrected chi connectivity index (χ2v) is 3.80. The Labute approximate surface area is 103 Å². The number of anilines is 1. The fourth-order valence-corrected chi connectivity index (χ4v) is 1.52. The second kappa shape index (κ2) is 4.51. The van der Waals surface area contributed by atoms with Gasteiger partial charge < -0.3 is 14.9 Å². The van der Waals surface area contributed by atoms with E-state index >= 15 is 0 Å². The molecular formula is C12H10ClNO3. The van der Waals surface area contributed by atoms with Gasteiger partial charge in [0.25, 0.3) is 0 Å². The molecule has 1 heterocycles. The Kier molecular flexibility index (Phi) is 3.06. The molecule has 5 heteroatoms. The molecule has 0 saturated heterocycles. The summed E-state index contributed by atoms with van der Waals surface area (Å²) in [6, 6.07) is 8.34. The number of carbonyl (C=O) groups is 1. The van der Waals surface area contributed by atoms with E-state index in [0.29, 0.717) is 16.5 Å². The van der Waals surface area contributed by atoms with Gasteiger partial charge in [0, 0.05) is 5.56 Å². The van der Waals surface area contributed by atoms with Crippen molar-refractivity contribution in [3.8, 4) is 11.3 Å². The summed E-state index contributed by atoms with van der Waals surface area (Å²) in [5, 5.41) is 0.480. The maximum Gasteiger partial charge on any atom is 0.373 e. The van der Waals surface area contributed by atoms with Gasteiger partial charge in [-0.25, -0.2) is 4.79 Å². The lowest BCUT2D eigenvalue weighted by Crippen LogP contribution is -1.98. The highest BCUT2D eigenvalue weighted by atomic mass is 35.5. The number of nitrogens with two attached hydrogens (primary N) is 1. The highest BCUT2D eigenvalue weighted by Crippen LogP contribution is 2.28. The van der Waals surface area contributed by atoms with Crippen LogP contribution in [0.4, 0.5) is 5.69 Å². The average Bonchev–Trinajstić information content (AvgIpc) is 2.81. The molecule has 2 rings (SSSR count). The van der Waals surface area contributed by atoms with Crippen LogP contribution in [-0.4, -0.2) is 13.1 Å². The number of nitrogen functional groups attached to an aromatic ring is 1. The zero-order chi connectivity index (χ0) is 12.4. The second-order valence-electron chi connectivity index (χ2n) is 3.39. The first-order valence-corrected chi connectivity index (χ1v) is 5.23. The minimum absolute atomic E-state index is 0.149. The standard InChI is InChI=1S/C12H10ClNO3/c1-16-12(15)11-5-4-10(17-11)7-2-3-8(13)9(14)6-7/h2-6H,14H2,1H3. The van der Waals surface area contributed by atoms with Crippen LogP contribution in [0.25, 0.3) is 11.3 Å². The van der Waals surface area contributed by atoms with Crippen LogP contribution >= 0.6 is 11.6 Å². The van der Waals surface area contributed by atoms with Crippen molar-refractivity contribution in [1.29, 1.82) is 0 Å². The SMILES string of the molecule is COC(=O)c1ccc(-c2ccc(Cl)c(N)c2)o1. The molecule has 1 aromatic carbocycles. The number of hydrogen-bond donors (Lipinski definition) is 1. The van der Waals surface area contributed by atoms with Crippen molar-refractivity contribution in [3.05, 3.63) is 41.1 Å². The lowest BCUT2D eigenvalue weighted by atomic mass is 10.1. The third kappa shape index (κ3) is 2.26. The number of halogens is 1. The van der Waals surface area contributed by atoms with Gasteiger partial charge in [-0.3, -0.25) is 0 Å². The molecular weight excluding hydrogens is 242 g/mol. The summed E-state index contributed by atoms with van der Waals surface area (Å²) in [6.45, 7) is 0. The van der Waals surface area contributed by atoms with Crippen LogP contribution in [0.5, 0.6) is 0 Å². The molecule has 17 heavy (non-hydrogen) atoms. The molecule has 0 unspecified atom stereocenters. The van der Waals surface area contributed by atoms with E-state index in [4.69, 9.17) is 21.8 Å². The minimum atomic E-state index is -0.516. The number of esters is 1. The van der Waals surface area contributed by atoms with E-state index in [-0.39, 0.29) is 5.76 Å². The normalized spacial score (nSPS) is 10.2. The largest absolute Gasteiger partial charge is 0.463 e. The van der Waals surface area contributed by atoms with Crippen LogP contribution in [0.3, 0.4) is 0 Å². The van der Waals surface area contributed by atoms with Crippen molar-refractivity contribution >= 4 is 23.3 Å². The molecule has 0 fully saturated rings. The van der Waals surface area contributed by atoms with E-state index in [0.717, 1.165) is 5.56 Å². The van der Waals surface area contributed by atoms with Gasteiger partial charge in [0.2, 0.25) is 5.76 Å². The predicted octanol–water partition coefficient (Wildman–Crippen LogP) is 2.97. The highest BCUT2D eigenvalue weighted by molar-refractivity contribution is 6.33. The highest BCUT2D eigenvalue weighted by Gasteiger charge is 2.12. The summed E-state index contributed by atoms with van der Waals surface area (Å²) >= 11 is 5.82. The van der Waals surface area contributed by atoms with Gasteiger partial charge in [0.15, 0.2) is 0 Å². The number of carbonyl (C=O) groups excluding carboxylic acids is 1. The summed E-state index contributed by atoms with van der Waals surface area (Å²) in [6.07, 6.45) is 0. The van der Waals surface area contributed by atoms with Crippen LogP contribution in [0.1, 0.15) is 10.6 Å². The topological polar surface area (TPSA) is 65.5 Å². The van der Waals surface area contributed by atoms with Gasteiger partial charge in [0.05, 0.1) is 17.8 Å². The molecule has 0 radical (unpaired) electrons. The number of methoxy groups -OCH3 is 1. The molecule has 0 amide bonds. The van der Waals surface area contributed by atoms with Crippen molar-refractivity contribution in [1.82, 2.24) is 0 Å². The summed E-state index contributed by atoms with van der Waals surface area (Å²) in [7, 11) is 1.30. The summed E-state index contributed by atoms with van der Waals surface area (Å²) in [5.41, 5.74) is 6.90. The molecule has 0 aliphatic rings. The Morgan fingerprint density at radius 2 is 2.12 bits per heavy atom. The van der Waals surface area contributed by atoms with E-state index in [1.807, 2.05) is 0 Å². The van der Waals surface area contributed by atoms with Crippen LogP contribution in [0, 0.1) is 0 Å². The molecule has 0 aliphatic heterocycles. The zero-order valence-electron chi connectivity index (χ0n) is 9.07. The first-order valence-electron chi connectivity index (χ1n) is 4.85. The van der Waals surface area contributed by atoms with E-state index in [1.165, 1.54) is 7.11 Å². The van der Waals surface area contributed by atoms with Crippen molar-refractivity contribution in [2.45, 2.75) is 0 Å². The van der Waals surface area contributed by atoms with E-state index in [2.05, 4.69) is 4.74 Å². The monoisotopic (exact) mass is 251 g/mol. The predicted molar refractivity (Wildman–Crippen MR) is 64.9 cm³/mol. The molecule has 1 aromatic heterocycles. The lowest BCUT2D eigenvalue weighted by molar-refractivity contribution is 0.0566. The zero-order valence-corrected chi connectivity index (χ0v) is 9.82. The summed E-state index contributed by atoms with van der Waals surface area (Å²) < 4.78 is 9.89. The Morgan fingerprint density at radius 3 is 2.76 bits per heavy atom. The molecule has 2 aromatic rings. The van der Waals surface area contributed by atoms with Gasteiger partial charge in [-0.15, -0.1) is 0 Å². The molecule has 88 valence electrons. The Bertz CT molecular complexity index is 563. The Morgan fingerprint density at radius 1 is 1.35 bits per heavy atom. The number of ether oxygens (including phenoxy) is 1. The van der Waals surface area contributed by atoms with Gasteiger partial charge in [-0.2, -0.15) is 0 Å².